The highest BCUT2D eigenvalue weighted by molar-refractivity contribution is 6.33. The van der Waals surface area contributed by atoms with Crippen molar-refractivity contribution in [3.05, 3.63) is 47.0 Å². The van der Waals surface area contributed by atoms with E-state index in [-0.39, 0.29) is 5.78 Å². The molecule has 1 aliphatic heterocycles. The van der Waals surface area contributed by atoms with Crippen LogP contribution in [0.1, 0.15) is 22.6 Å². The summed E-state index contributed by atoms with van der Waals surface area (Å²) >= 11 is 6.04. The summed E-state index contributed by atoms with van der Waals surface area (Å²) in [5, 5.41) is 8.49. The van der Waals surface area contributed by atoms with Gasteiger partial charge in [0.25, 0.3) is 0 Å². The molecule has 5 nitrogen and oxygen atoms in total. The van der Waals surface area contributed by atoms with Crippen LogP contribution in [0, 0.1) is 0 Å². The second kappa shape index (κ2) is 5.73. The van der Waals surface area contributed by atoms with Crippen LogP contribution in [0.3, 0.4) is 0 Å². The van der Waals surface area contributed by atoms with Crippen LogP contribution in [0.4, 0.5) is 0 Å². The molecule has 0 amide bonds. The van der Waals surface area contributed by atoms with E-state index in [1.807, 2.05) is 16.7 Å². The van der Waals surface area contributed by atoms with Gasteiger partial charge in [0, 0.05) is 31.6 Å². The molecule has 0 spiro atoms. The Labute approximate surface area is 122 Å². The normalized spacial score (nSPS) is 15.1. The lowest BCUT2D eigenvalue weighted by Crippen LogP contribution is -2.35. The third-order valence-electron chi connectivity index (χ3n) is 3.55. The number of carbonyl (C=O) groups excluding carboxylic acids is 1. The Morgan fingerprint density at radius 1 is 1.30 bits per heavy atom. The van der Waals surface area contributed by atoms with Gasteiger partial charge in [-0.2, -0.15) is 0 Å². The van der Waals surface area contributed by atoms with Gasteiger partial charge in [-0.25, -0.2) is 0 Å². The molecule has 0 fully saturated rings. The van der Waals surface area contributed by atoms with Crippen LogP contribution in [-0.2, 0) is 13.1 Å². The zero-order chi connectivity index (χ0) is 13.9. The van der Waals surface area contributed by atoms with Crippen molar-refractivity contribution in [3.8, 4) is 0 Å². The minimum Gasteiger partial charge on any atom is -0.315 e. The second-order valence-electron chi connectivity index (χ2n) is 4.87. The van der Waals surface area contributed by atoms with Crippen molar-refractivity contribution in [1.82, 2.24) is 19.7 Å². The van der Waals surface area contributed by atoms with E-state index in [2.05, 4.69) is 15.1 Å². The third-order valence-corrected chi connectivity index (χ3v) is 3.88. The standard InChI is InChI=1S/C14H15ClN4O/c15-12-4-2-1-3-11(12)13(20)5-6-18-7-8-19-10-16-17-14(19)9-18/h1-4,10H,5-9H2. The topological polar surface area (TPSA) is 51.0 Å². The third kappa shape index (κ3) is 2.73. The summed E-state index contributed by atoms with van der Waals surface area (Å²) in [7, 11) is 0. The van der Waals surface area contributed by atoms with Gasteiger partial charge in [0.2, 0.25) is 0 Å². The Bertz CT molecular complexity index is 625. The van der Waals surface area contributed by atoms with Crippen LogP contribution in [0.2, 0.25) is 5.02 Å². The van der Waals surface area contributed by atoms with Gasteiger partial charge in [-0.3, -0.25) is 9.69 Å². The van der Waals surface area contributed by atoms with Crippen molar-refractivity contribution in [2.24, 2.45) is 0 Å². The summed E-state index contributed by atoms with van der Waals surface area (Å²) in [6.07, 6.45) is 2.22. The molecule has 0 atom stereocenters. The van der Waals surface area contributed by atoms with Crippen molar-refractivity contribution < 1.29 is 4.79 Å². The number of nitrogens with zero attached hydrogens (tertiary/aromatic N) is 4. The van der Waals surface area contributed by atoms with E-state index >= 15 is 0 Å². The molecular formula is C14H15ClN4O. The number of halogens is 1. The van der Waals surface area contributed by atoms with Crippen molar-refractivity contribution in [1.29, 1.82) is 0 Å². The first-order valence-electron chi connectivity index (χ1n) is 6.61. The van der Waals surface area contributed by atoms with Gasteiger partial charge in [0.15, 0.2) is 5.78 Å². The fraction of sp³-hybridized carbons (Fsp3) is 0.357. The van der Waals surface area contributed by atoms with Crippen LogP contribution in [0.5, 0.6) is 0 Å². The number of rotatable bonds is 4. The molecule has 0 saturated carbocycles. The first kappa shape index (κ1) is 13.3. The van der Waals surface area contributed by atoms with E-state index in [9.17, 15) is 4.79 Å². The predicted molar refractivity (Wildman–Crippen MR) is 75.7 cm³/mol. The summed E-state index contributed by atoms with van der Waals surface area (Å²) in [4.78, 5) is 14.4. The molecule has 104 valence electrons. The van der Waals surface area contributed by atoms with Gasteiger partial charge in [0.05, 0.1) is 11.6 Å². The molecule has 2 heterocycles. The Hall–Kier alpha value is -1.72. The SMILES string of the molecule is O=C(CCN1CCn2cnnc2C1)c1ccccc1Cl. The lowest BCUT2D eigenvalue weighted by atomic mass is 10.1. The van der Waals surface area contributed by atoms with E-state index < -0.39 is 0 Å². The van der Waals surface area contributed by atoms with E-state index in [0.717, 1.165) is 32.0 Å². The Morgan fingerprint density at radius 3 is 3.00 bits per heavy atom. The molecule has 3 rings (SSSR count). The van der Waals surface area contributed by atoms with Crippen LogP contribution in [-0.4, -0.2) is 38.5 Å². The van der Waals surface area contributed by atoms with Crippen molar-refractivity contribution in [2.45, 2.75) is 19.5 Å². The van der Waals surface area contributed by atoms with E-state index in [1.165, 1.54) is 0 Å². The van der Waals surface area contributed by atoms with E-state index in [4.69, 9.17) is 11.6 Å². The highest BCUT2D eigenvalue weighted by atomic mass is 35.5. The molecule has 0 radical (unpaired) electrons. The van der Waals surface area contributed by atoms with Crippen LogP contribution in [0.15, 0.2) is 30.6 Å². The molecule has 6 heteroatoms. The molecule has 0 aliphatic carbocycles. The Kier molecular flexibility index (Phi) is 3.80. The highest BCUT2D eigenvalue weighted by Crippen LogP contribution is 2.17. The lowest BCUT2D eigenvalue weighted by Gasteiger charge is -2.26. The molecule has 0 N–H and O–H groups in total. The van der Waals surface area contributed by atoms with Gasteiger partial charge >= 0.3 is 0 Å². The summed E-state index contributed by atoms with van der Waals surface area (Å²) in [6.45, 7) is 3.26. The number of hydrogen-bond acceptors (Lipinski definition) is 4. The highest BCUT2D eigenvalue weighted by Gasteiger charge is 2.18. The Balaban J connectivity index is 1.58. The molecule has 1 aromatic carbocycles. The molecular weight excluding hydrogens is 276 g/mol. The number of aromatic nitrogens is 3. The fourth-order valence-corrected chi connectivity index (χ4v) is 2.63. The summed E-state index contributed by atoms with van der Waals surface area (Å²) in [5.41, 5.74) is 0.606. The maximum atomic E-state index is 12.2. The molecule has 1 aromatic heterocycles. The monoisotopic (exact) mass is 290 g/mol. The summed E-state index contributed by atoms with van der Waals surface area (Å²) < 4.78 is 2.05. The van der Waals surface area contributed by atoms with Gasteiger partial charge < -0.3 is 4.57 Å². The average Bonchev–Trinajstić information content (AvgIpc) is 2.92. The van der Waals surface area contributed by atoms with Gasteiger partial charge in [-0.15, -0.1) is 10.2 Å². The number of ketones is 1. The first-order valence-corrected chi connectivity index (χ1v) is 6.98. The summed E-state index contributed by atoms with van der Waals surface area (Å²) in [5.74, 6) is 1.05. The maximum absolute atomic E-state index is 12.2. The van der Waals surface area contributed by atoms with Crippen LogP contribution in [0.25, 0.3) is 0 Å². The number of carbonyl (C=O) groups is 1. The molecule has 20 heavy (non-hydrogen) atoms. The van der Waals surface area contributed by atoms with Crippen LogP contribution < -0.4 is 0 Å². The second-order valence-corrected chi connectivity index (χ2v) is 5.28. The molecule has 0 saturated heterocycles. The van der Waals surface area contributed by atoms with Crippen LogP contribution >= 0.6 is 11.6 Å². The zero-order valence-corrected chi connectivity index (χ0v) is 11.8. The number of hydrogen-bond donors (Lipinski definition) is 0. The number of Topliss-reactive ketones (excluding diaryl/α,β-unsaturated/α-hetero) is 1. The van der Waals surface area contributed by atoms with Crippen molar-refractivity contribution >= 4 is 17.4 Å². The number of benzene rings is 1. The number of fused-ring (bicyclic) bond motifs is 1. The van der Waals surface area contributed by atoms with E-state index in [0.29, 0.717) is 17.0 Å². The molecule has 2 aromatic rings. The quantitative estimate of drug-likeness (QED) is 0.809. The fourth-order valence-electron chi connectivity index (χ4n) is 2.39. The summed E-state index contributed by atoms with van der Waals surface area (Å²) in [6, 6.07) is 7.19. The Morgan fingerprint density at radius 2 is 2.15 bits per heavy atom. The predicted octanol–water partition coefficient (Wildman–Crippen LogP) is 2.02. The van der Waals surface area contributed by atoms with Gasteiger partial charge in [-0.05, 0) is 12.1 Å². The largest absolute Gasteiger partial charge is 0.315 e. The molecule has 0 bridgehead atoms. The minimum atomic E-state index is 0.0858. The lowest BCUT2D eigenvalue weighted by molar-refractivity contribution is 0.0955. The zero-order valence-electron chi connectivity index (χ0n) is 11.0. The molecule has 1 aliphatic rings. The smallest absolute Gasteiger partial charge is 0.165 e. The maximum Gasteiger partial charge on any atom is 0.165 e. The average molecular weight is 291 g/mol. The van der Waals surface area contributed by atoms with Gasteiger partial charge in [-0.1, -0.05) is 23.7 Å². The first-order chi connectivity index (χ1) is 9.74. The minimum absolute atomic E-state index is 0.0858. The van der Waals surface area contributed by atoms with E-state index in [1.54, 1.807) is 18.5 Å². The van der Waals surface area contributed by atoms with Crippen molar-refractivity contribution in [3.63, 3.8) is 0 Å². The molecule has 0 unspecified atom stereocenters. The van der Waals surface area contributed by atoms with Crippen molar-refractivity contribution in [2.75, 3.05) is 13.1 Å². The van der Waals surface area contributed by atoms with Gasteiger partial charge in [0.1, 0.15) is 12.2 Å².